The summed E-state index contributed by atoms with van der Waals surface area (Å²) in [6.45, 7) is 2.26. The van der Waals surface area contributed by atoms with E-state index in [4.69, 9.17) is 9.84 Å². The van der Waals surface area contributed by atoms with Crippen LogP contribution in [0.3, 0.4) is 0 Å². The summed E-state index contributed by atoms with van der Waals surface area (Å²) in [6, 6.07) is 6.09. The first-order valence-corrected chi connectivity index (χ1v) is 8.11. The summed E-state index contributed by atoms with van der Waals surface area (Å²) in [4.78, 5) is 22.4. The van der Waals surface area contributed by atoms with Crippen molar-refractivity contribution in [3.8, 4) is 5.75 Å². The third-order valence-corrected chi connectivity index (χ3v) is 3.56. The van der Waals surface area contributed by atoms with Crippen LogP contribution in [-0.4, -0.2) is 23.5 Å². The van der Waals surface area contributed by atoms with Crippen LogP contribution in [0.1, 0.15) is 68.6 Å². The maximum Gasteiger partial charge on any atom is 0.335 e. The Bertz CT molecular complexity index is 451. The topological polar surface area (TPSA) is 63.6 Å². The van der Waals surface area contributed by atoms with Crippen LogP contribution in [0.25, 0.3) is 0 Å². The number of carbonyl (C=O) groups is 2. The Morgan fingerprint density at radius 1 is 0.955 bits per heavy atom. The molecule has 1 rings (SSSR count). The van der Waals surface area contributed by atoms with E-state index in [9.17, 15) is 9.59 Å². The standard InChI is InChI=1S/C18H26O4/c1-2-3-4-5-6-7-8-9-16(19)14-22-17-12-10-15(11-13-17)18(20)21/h10-13H,2-9,14H2,1H3,(H,20,21). The monoisotopic (exact) mass is 306 g/mol. The predicted molar refractivity (Wildman–Crippen MR) is 86.5 cm³/mol. The minimum Gasteiger partial charge on any atom is -0.486 e. The van der Waals surface area contributed by atoms with E-state index < -0.39 is 5.97 Å². The predicted octanol–water partition coefficient (Wildman–Crippen LogP) is 4.47. The van der Waals surface area contributed by atoms with Gasteiger partial charge in [-0.2, -0.15) is 0 Å². The molecule has 0 amide bonds. The number of ether oxygens (including phenoxy) is 1. The van der Waals surface area contributed by atoms with Crippen molar-refractivity contribution >= 4 is 11.8 Å². The summed E-state index contributed by atoms with van der Waals surface area (Å²) >= 11 is 0. The first-order chi connectivity index (χ1) is 10.6. The van der Waals surface area contributed by atoms with E-state index in [1.165, 1.54) is 44.2 Å². The van der Waals surface area contributed by atoms with E-state index in [0.717, 1.165) is 12.8 Å². The van der Waals surface area contributed by atoms with Gasteiger partial charge in [-0.1, -0.05) is 45.4 Å². The summed E-state index contributed by atoms with van der Waals surface area (Å²) in [7, 11) is 0. The van der Waals surface area contributed by atoms with Gasteiger partial charge in [0.25, 0.3) is 0 Å². The fourth-order valence-corrected chi connectivity index (χ4v) is 2.21. The van der Waals surface area contributed by atoms with Gasteiger partial charge in [-0.25, -0.2) is 4.79 Å². The van der Waals surface area contributed by atoms with E-state index in [-0.39, 0.29) is 18.0 Å². The highest BCUT2D eigenvalue weighted by atomic mass is 16.5. The van der Waals surface area contributed by atoms with Crippen molar-refractivity contribution in [2.45, 2.75) is 58.3 Å². The molecule has 0 aliphatic heterocycles. The van der Waals surface area contributed by atoms with Gasteiger partial charge in [0.15, 0.2) is 5.78 Å². The lowest BCUT2D eigenvalue weighted by Gasteiger charge is -2.06. The van der Waals surface area contributed by atoms with Crippen molar-refractivity contribution in [3.05, 3.63) is 29.8 Å². The molecule has 1 N–H and O–H groups in total. The summed E-state index contributed by atoms with van der Waals surface area (Å²) in [6.07, 6.45) is 8.88. The molecule has 0 bridgehead atoms. The fraction of sp³-hybridized carbons (Fsp3) is 0.556. The van der Waals surface area contributed by atoms with Crippen LogP contribution in [0.4, 0.5) is 0 Å². The first-order valence-electron chi connectivity index (χ1n) is 8.11. The lowest BCUT2D eigenvalue weighted by Crippen LogP contribution is -2.11. The number of unbranched alkanes of at least 4 members (excludes halogenated alkanes) is 6. The van der Waals surface area contributed by atoms with E-state index in [0.29, 0.717) is 12.2 Å². The van der Waals surface area contributed by atoms with Crippen molar-refractivity contribution in [2.24, 2.45) is 0 Å². The van der Waals surface area contributed by atoms with Gasteiger partial charge in [0.1, 0.15) is 12.4 Å². The maximum atomic E-state index is 11.7. The van der Waals surface area contributed by atoms with Crippen molar-refractivity contribution in [1.29, 1.82) is 0 Å². The molecular formula is C18H26O4. The van der Waals surface area contributed by atoms with Crippen molar-refractivity contribution < 1.29 is 19.4 Å². The summed E-state index contributed by atoms with van der Waals surface area (Å²) in [5.74, 6) is -0.352. The van der Waals surface area contributed by atoms with Crippen LogP contribution >= 0.6 is 0 Å². The molecule has 0 heterocycles. The molecule has 0 radical (unpaired) electrons. The zero-order valence-electron chi connectivity index (χ0n) is 13.3. The highest BCUT2D eigenvalue weighted by Gasteiger charge is 2.05. The van der Waals surface area contributed by atoms with E-state index in [2.05, 4.69) is 6.92 Å². The molecule has 4 nitrogen and oxygen atoms in total. The molecule has 0 aromatic heterocycles. The Kier molecular flexibility index (Phi) is 8.96. The lowest BCUT2D eigenvalue weighted by atomic mass is 10.1. The second kappa shape index (κ2) is 10.8. The van der Waals surface area contributed by atoms with Gasteiger partial charge in [-0.3, -0.25) is 4.79 Å². The molecule has 0 atom stereocenters. The normalized spacial score (nSPS) is 10.4. The number of carbonyl (C=O) groups excluding carboxylic acids is 1. The Balaban J connectivity index is 2.11. The Morgan fingerprint density at radius 3 is 2.14 bits per heavy atom. The number of aromatic carboxylic acids is 1. The maximum absolute atomic E-state index is 11.7. The second-order valence-corrected chi connectivity index (χ2v) is 5.53. The van der Waals surface area contributed by atoms with Crippen LogP contribution in [0.5, 0.6) is 5.75 Å². The van der Waals surface area contributed by atoms with Crippen molar-refractivity contribution in [1.82, 2.24) is 0 Å². The Hall–Kier alpha value is -1.84. The van der Waals surface area contributed by atoms with Crippen LogP contribution in [0.2, 0.25) is 0 Å². The average Bonchev–Trinajstić information content (AvgIpc) is 2.52. The summed E-state index contributed by atoms with van der Waals surface area (Å²) < 4.78 is 5.37. The quantitative estimate of drug-likeness (QED) is 0.578. The van der Waals surface area contributed by atoms with Crippen molar-refractivity contribution in [2.75, 3.05) is 6.61 Å². The summed E-state index contributed by atoms with van der Waals surface area (Å²) in [5.41, 5.74) is 0.210. The summed E-state index contributed by atoms with van der Waals surface area (Å²) in [5, 5.41) is 8.79. The molecule has 0 saturated carbocycles. The zero-order chi connectivity index (χ0) is 16.2. The lowest BCUT2D eigenvalue weighted by molar-refractivity contribution is -0.121. The molecule has 0 aliphatic carbocycles. The van der Waals surface area contributed by atoms with Gasteiger partial charge in [0.2, 0.25) is 0 Å². The smallest absolute Gasteiger partial charge is 0.335 e. The molecule has 4 heteroatoms. The molecule has 0 saturated heterocycles. The van der Waals surface area contributed by atoms with Gasteiger partial charge in [0, 0.05) is 6.42 Å². The van der Waals surface area contributed by atoms with Gasteiger partial charge < -0.3 is 9.84 Å². The van der Waals surface area contributed by atoms with Crippen LogP contribution in [-0.2, 0) is 4.79 Å². The number of Topliss-reactive ketones (excluding diaryl/α,β-unsaturated/α-hetero) is 1. The number of hydrogen-bond acceptors (Lipinski definition) is 3. The number of ketones is 1. The molecular weight excluding hydrogens is 280 g/mol. The van der Waals surface area contributed by atoms with Crippen LogP contribution < -0.4 is 4.74 Å². The minimum atomic E-state index is -0.971. The Morgan fingerprint density at radius 2 is 1.55 bits per heavy atom. The van der Waals surface area contributed by atoms with Crippen molar-refractivity contribution in [3.63, 3.8) is 0 Å². The SMILES string of the molecule is CCCCCCCCCC(=O)COc1ccc(C(=O)O)cc1. The number of carboxylic acid groups (broad SMARTS) is 1. The van der Waals surface area contributed by atoms with Gasteiger partial charge in [0.05, 0.1) is 5.56 Å². The molecule has 0 spiro atoms. The average molecular weight is 306 g/mol. The van der Waals surface area contributed by atoms with E-state index in [1.807, 2.05) is 0 Å². The molecule has 22 heavy (non-hydrogen) atoms. The van der Waals surface area contributed by atoms with Crippen LogP contribution in [0.15, 0.2) is 24.3 Å². The zero-order valence-corrected chi connectivity index (χ0v) is 13.3. The number of carboxylic acids is 1. The molecule has 1 aromatic carbocycles. The molecule has 0 aliphatic rings. The molecule has 0 fully saturated rings. The highest BCUT2D eigenvalue weighted by molar-refractivity contribution is 5.87. The third-order valence-electron chi connectivity index (χ3n) is 3.56. The third kappa shape index (κ3) is 7.81. The first kappa shape index (κ1) is 18.2. The highest BCUT2D eigenvalue weighted by Crippen LogP contribution is 2.13. The second-order valence-electron chi connectivity index (χ2n) is 5.53. The van der Waals surface area contributed by atoms with Crippen LogP contribution in [0, 0.1) is 0 Å². The van der Waals surface area contributed by atoms with E-state index in [1.54, 1.807) is 12.1 Å². The number of benzene rings is 1. The fourth-order valence-electron chi connectivity index (χ4n) is 2.21. The largest absolute Gasteiger partial charge is 0.486 e. The van der Waals surface area contributed by atoms with Gasteiger partial charge >= 0.3 is 5.97 Å². The molecule has 1 aromatic rings. The number of hydrogen-bond donors (Lipinski definition) is 1. The molecule has 122 valence electrons. The van der Waals surface area contributed by atoms with Gasteiger partial charge in [-0.05, 0) is 30.7 Å². The van der Waals surface area contributed by atoms with Gasteiger partial charge in [-0.15, -0.1) is 0 Å². The number of rotatable bonds is 12. The minimum absolute atomic E-state index is 0.0578. The van der Waals surface area contributed by atoms with E-state index >= 15 is 0 Å². The Labute approximate surface area is 132 Å². The molecule has 0 unspecified atom stereocenters.